The number of rotatable bonds is 9. The molecule has 0 fully saturated rings. The van der Waals surface area contributed by atoms with E-state index in [-0.39, 0.29) is 5.57 Å². The van der Waals surface area contributed by atoms with Crippen LogP contribution in [0.3, 0.4) is 0 Å². The maximum atomic E-state index is 11.4. The number of allylic oxidation sites excluding steroid dienone is 3. The molecule has 0 aliphatic carbocycles. The molecule has 0 saturated heterocycles. The maximum Gasteiger partial charge on any atom is 0.336 e. The van der Waals surface area contributed by atoms with Crippen molar-refractivity contribution in [2.24, 2.45) is 0 Å². The van der Waals surface area contributed by atoms with Crippen molar-refractivity contribution in [3.8, 4) is 16.9 Å². The molecular weight excluding hydrogens is 324 g/mol. The fourth-order valence-corrected chi connectivity index (χ4v) is 2.61. The van der Waals surface area contributed by atoms with E-state index >= 15 is 0 Å². The van der Waals surface area contributed by atoms with Gasteiger partial charge in [0, 0.05) is 0 Å². The van der Waals surface area contributed by atoms with Gasteiger partial charge in [0.25, 0.3) is 0 Å². The number of ether oxygens (including phenoxy) is 1. The first kappa shape index (κ1) is 19.5. The monoisotopic (exact) mass is 350 g/mol. The van der Waals surface area contributed by atoms with E-state index in [9.17, 15) is 9.90 Å². The van der Waals surface area contributed by atoms with Gasteiger partial charge in [0.15, 0.2) is 0 Å². The van der Waals surface area contributed by atoms with Gasteiger partial charge in [-0.25, -0.2) is 4.79 Å². The molecule has 2 aromatic rings. The molecule has 0 heterocycles. The van der Waals surface area contributed by atoms with Crippen LogP contribution in [0, 0.1) is 0 Å². The zero-order valence-corrected chi connectivity index (χ0v) is 15.4. The van der Waals surface area contributed by atoms with Gasteiger partial charge in [-0.2, -0.15) is 0 Å². The summed E-state index contributed by atoms with van der Waals surface area (Å²) in [5.74, 6) is -0.0515. The van der Waals surface area contributed by atoms with Crippen molar-refractivity contribution >= 4 is 11.5 Å². The molecule has 0 unspecified atom stereocenters. The Kier molecular flexibility index (Phi) is 7.69. The van der Waals surface area contributed by atoms with Gasteiger partial charge in [-0.15, -0.1) is 0 Å². The van der Waals surface area contributed by atoms with Crippen LogP contribution in [0.1, 0.15) is 38.7 Å². The first-order chi connectivity index (χ1) is 12.7. The smallest absolute Gasteiger partial charge is 0.336 e. The lowest BCUT2D eigenvalue weighted by Gasteiger charge is -2.08. The summed E-state index contributed by atoms with van der Waals surface area (Å²) in [6.45, 7) is 4.78. The summed E-state index contributed by atoms with van der Waals surface area (Å²) in [5, 5.41) is 9.36. The van der Waals surface area contributed by atoms with Crippen LogP contribution in [0.2, 0.25) is 0 Å². The summed E-state index contributed by atoms with van der Waals surface area (Å²) >= 11 is 0. The minimum atomic E-state index is -0.930. The summed E-state index contributed by atoms with van der Waals surface area (Å²) in [6.07, 6.45) is 8.60. The van der Waals surface area contributed by atoms with E-state index in [0.29, 0.717) is 5.56 Å². The molecule has 2 aromatic carbocycles. The highest BCUT2D eigenvalue weighted by Crippen LogP contribution is 2.25. The predicted molar refractivity (Wildman–Crippen MR) is 107 cm³/mol. The van der Waals surface area contributed by atoms with Gasteiger partial charge in [0.1, 0.15) is 5.75 Å². The molecule has 1 N–H and O–H groups in total. The Bertz CT molecular complexity index is 753. The fraction of sp³-hybridized carbons (Fsp3) is 0.261. The lowest BCUT2D eigenvalue weighted by atomic mass is 10.00. The van der Waals surface area contributed by atoms with E-state index in [2.05, 4.69) is 6.92 Å². The Morgan fingerprint density at radius 2 is 1.62 bits per heavy atom. The molecule has 0 amide bonds. The lowest BCUT2D eigenvalue weighted by Crippen LogP contribution is -1.99. The van der Waals surface area contributed by atoms with Crippen LogP contribution in [0.25, 0.3) is 16.7 Å². The zero-order valence-electron chi connectivity index (χ0n) is 15.4. The number of unbranched alkanes of at least 4 members (excludes halogenated alkanes) is 2. The SMILES string of the molecule is C/C=C/C=C(/C(=O)O)c1ccc(-c2ccc(OCCCCC)cc2)cc1. The molecule has 0 atom stereocenters. The van der Waals surface area contributed by atoms with Crippen LogP contribution in [-0.2, 0) is 4.79 Å². The highest BCUT2D eigenvalue weighted by molar-refractivity contribution is 6.15. The number of benzene rings is 2. The lowest BCUT2D eigenvalue weighted by molar-refractivity contribution is -0.130. The molecule has 0 aromatic heterocycles. The summed E-state index contributed by atoms with van der Waals surface area (Å²) in [4.78, 5) is 11.4. The average Bonchev–Trinajstić information content (AvgIpc) is 2.66. The van der Waals surface area contributed by atoms with Gasteiger partial charge in [0.2, 0.25) is 0 Å². The minimum absolute atomic E-state index is 0.283. The maximum absolute atomic E-state index is 11.4. The summed E-state index contributed by atoms with van der Waals surface area (Å²) in [7, 11) is 0. The third-order valence-electron chi connectivity index (χ3n) is 4.09. The van der Waals surface area contributed by atoms with Crippen molar-refractivity contribution in [1.29, 1.82) is 0 Å². The van der Waals surface area contributed by atoms with Gasteiger partial charge < -0.3 is 9.84 Å². The fourth-order valence-electron chi connectivity index (χ4n) is 2.61. The highest BCUT2D eigenvalue weighted by Gasteiger charge is 2.09. The van der Waals surface area contributed by atoms with Gasteiger partial charge in [-0.1, -0.05) is 68.3 Å². The molecule has 0 spiro atoms. The van der Waals surface area contributed by atoms with Gasteiger partial charge in [-0.05, 0) is 48.2 Å². The van der Waals surface area contributed by atoms with Crippen LogP contribution in [0.5, 0.6) is 5.75 Å². The second-order valence-electron chi connectivity index (χ2n) is 6.07. The third-order valence-corrected chi connectivity index (χ3v) is 4.09. The quantitative estimate of drug-likeness (QED) is 0.344. The molecule has 3 nitrogen and oxygen atoms in total. The van der Waals surface area contributed by atoms with Crippen molar-refractivity contribution in [2.75, 3.05) is 6.61 Å². The molecule has 136 valence electrons. The Morgan fingerprint density at radius 1 is 1.00 bits per heavy atom. The number of aliphatic carboxylic acids is 1. The van der Waals surface area contributed by atoms with E-state index < -0.39 is 5.97 Å². The number of carboxylic acids is 1. The molecule has 2 rings (SSSR count). The summed E-state index contributed by atoms with van der Waals surface area (Å²) in [6, 6.07) is 15.6. The van der Waals surface area contributed by atoms with E-state index in [1.807, 2.05) is 61.5 Å². The van der Waals surface area contributed by atoms with Crippen LogP contribution in [0.4, 0.5) is 0 Å². The minimum Gasteiger partial charge on any atom is -0.494 e. The molecule has 0 saturated carbocycles. The number of hydrogen-bond acceptors (Lipinski definition) is 2. The van der Waals surface area contributed by atoms with Crippen LogP contribution in [0.15, 0.2) is 66.8 Å². The molecule has 26 heavy (non-hydrogen) atoms. The normalized spacial score (nSPS) is 11.7. The molecule has 0 radical (unpaired) electrons. The van der Waals surface area contributed by atoms with E-state index in [1.54, 1.807) is 12.2 Å². The van der Waals surface area contributed by atoms with Crippen LogP contribution >= 0.6 is 0 Å². The Morgan fingerprint density at radius 3 is 2.15 bits per heavy atom. The van der Waals surface area contributed by atoms with Gasteiger partial charge in [0.05, 0.1) is 12.2 Å². The van der Waals surface area contributed by atoms with E-state index in [0.717, 1.165) is 29.9 Å². The van der Waals surface area contributed by atoms with Crippen LogP contribution in [-0.4, -0.2) is 17.7 Å². The molecule has 3 heteroatoms. The van der Waals surface area contributed by atoms with Gasteiger partial charge in [-0.3, -0.25) is 0 Å². The van der Waals surface area contributed by atoms with Crippen molar-refractivity contribution in [3.63, 3.8) is 0 Å². The number of carboxylic acid groups (broad SMARTS) is 1. The third kappa shape index (κ3) is 5.62. The number of carbonyl (C=O) groups is 1. The summed E-state index contributed by atoms with van der Waals surface area (Å²) in [5.41, 5.74) is 3.09. The molecule has 0 bridgehead atoms. The van der Waals surface area contributed by atoms with Gasteiger partial charge >= 0.3 is 5.97 Å². The number of hydrogen-bond donors (Lipinski definition) is 1. The van der Waals surface area contributed by atoms with Crippen molar-refractivity contribution in [3.05, 3.63) is 72.3 Å². The van der Waals surface area contributed by atoms with Crippen molar-refractivity contribution < 1.29 is 14.6 Å². The highest BCUT2D eigenvalue weighted by atomic mass is 16.5. The predicted octanol–water partition coefficient (Wildman–Crippen LogP) is 5.97. The van der Waals surface area contributed by atoms with E-state index in [1.165, 1.54) is 12.8 Å². The van der Waals surface area contributed by atoms with E-state index in [4.69, 9.17) is 4.74 Å². The van der Waals surface area contributed by atoms with Crippen molar-refractivity contribution in [2.45, 2.75) is 33.1 Å². The Hall–Kier alpha value is -2.81. The zero-order chi connectivity index (χ0) is 18.8. The Labute approximate surface area is 155 Å². The second-order valence-corrected chi connectivity index (χ2v) is 6.07. The standard InChI is InChI=1S/C23H26O3/c1-3-5-7-17-26-21-15-13-19(14-16-21)18-9-11-20(12-10-18)22(23(24)25)8-6-4-2/h4,6,8-16H,3,5,7,17H2,1-2H3,(H,24,25)/b6-4+,22-8+. The topological polar surface area (TPSA) is 46.5 Å². The molecular formula is C23H26O3. The average molecular weight is 350 g/mol. The van der Waals surface area contributed by atoms with Crippen LogP contribution < -0.4 is 4.74 Å². The molecule has 0 aliphatic rings. The summed E-state index contributed by atoms with van der Waals surface area (Å²) < 4.78 is 5.73. The first-order valence-electron chi connectivity index (χ1n) is 9.05. The van der Waals surface area contributed by atoms with Crippen molar-refractivity contribution in [1.82, 2.24) is 0 Å². The second kappa shape index (κ2) is 10.2. The first-order valence-corrected chi connectivity index (χ1v) is 9.05. The largest absolute Gasteiger partial charge is 0.494 e. The molecule has 0 aliphatic heterocycles. The Balaban J connectivity index is 2.09.